The predicted molar refractivity (Wildman–Crippen MR) is 71.5 cm³/mol. The number of nitrogens with zero attached hydrogens (tertiary/aromatic N) is 1. The summed E-state index contributed by atoms with van der Waals surface area (Å²) in [5, 5.41) is 1.05. The molecule has 1 atom stereocenters. The molecule has 17 heavy (non-hydrogen) atoms. The Bertz CT molecular complexity index is 523. The Morgan fingerprint density at radius 3 is 2.35 bits per heavy atom. The van der Waals surface area contributed by atoms with Gasteiger partial charge in [0.25, 0.3) is 0 Å². The number of benzene rings is 1. The van der Waals surface area contributed by atoms with Gasteiger partial charge in [0.05, 0.1) is 16.1 Å². The van der Waals surface area contributed by atoms with E-state index in [-0.39, 0.29) is 6.04 Å². The molecule has 0 aliphatic heterocycles. The first-order chi connectivity index (χ1) is 8.08. The van der Waals surface area contributed by atoms with Crippen LogP contribution < -0.4 is 5.73 Å². The van der Waals surface area contributed by atoms with Gasteiger partial charge in [0, 0.05) is 11.9 Å². The summed E-state index contributed by atoms with van der Waals surface area (Å²) in [6.45, 7) is 1.94. The van der Waals surface area contributed by atoms with E-state index in [9.17, 15) is 0 Å². The number of pyridine rings is 1. The van der Waals surface area contributed by atoms with E-state index in [1.54, 1.807) is 18.3 Å². The second-order valence-corrected chi connectivity index (χ2v) is 4.70. The fourth-order valence-electron chi connectivity index (χ4n) is 1.56. The lowest BCUT2D eigenvalue weighted by Crippen LogP contribution is -2.12. The monoisotopic (exact) mass is 266 g/mol. The maximum atomic E-state index is 6.14. The lowest BCUT2D eigenvalue weighted by atomic mass is 10.0. The van der Waals surface area contributed by atoms with Crippen LogP contribution in [0.15, 0.2) is 36.5 Å². The van der Waals surface area contributed by atoms with Gasteiger partial charge in [-0.1, -0.05) is 35.3 Å². The summed E-state index contributed by atoms with van der Waals surface area (Å²) in [5.41, 5.74) is 8.99. The molecule has 1 aromatic carbocycles. The minimum Gasteiger partial charge on any atom is -0.320 e. The zero-order valence-corrected chi connectivity index (χ0v) is 10.8. The highest BCUT2D eigenvalue weighted by Crippen LogP contribution is 2.27. The Morgan fingerprint density at radius 2 is 1.76 bits per heavy atom. The maximum Gasteiger partial charge on any atom is 0.0595 e. The predicted octanol–water partition coefficient (Wildman–Crippen LogP) is 3.74. The third-order valence-corrected chi connectivity index (χ3v) is 3.34. The van der Waals surface area contributed by atoms with Crippen LogP contribution in [0.3, 0.4) is 0 Å². The van der Waals surface area contributed by atoms with Crippen molar-refractivity contribution in [2.24, 2.45) is 5.73 Å². The van der Waals surface area contributed by atoms with Gasteiger partial charge in [-0.2, -0.15) is 0 Å². The zero-order chi connectivity index (χ0) is 12.4. The molecule has 0 amide bonds. The lowest BCUT2D eigenvalue weighted by Gasteiger charge is -2.13. The minimum atomic E-state index is -0.238. The van der Waals surface area contributed by atoms with E-state index in [1.165, 1.54) is 0 Å². The molecule has 1 aromatic heterocycles. The van der Waals surface area contributed by atoms with Crippen LogP contribution in [0.1, 0.15) is 22.9 Å². The highest BCUT2D eigenvalue weighted by molar-refractivity contribution is 6.42. The lowest BCUT2D eigenvalue weighted by molar-refractivity contribution is 0.860. The molecular weight excluding hydrogens is 255 g/mol. The molecule has 2 nitrogen and oxygen atoms in total. The van der Waals surface area contributed by atoms with Gasteiger partial charge in [-0.25, -0.2) is 0 Å². The SMILES string of the molecule is Cc1ccc(C(N)c2ccc(Cl)c(Cl)c2)cn1. The molecule has 2 aromatic rings. The summed E-state index contributed by atoms with van der Waals surface area (Å²) in [6, 6.07) is 9.08. The van der Waals surface area contributed by atoms with Gasteiger partial charge in [-0.3, -0.25) is 4.98 Å². The van der Waals surface area contributed by atoms with Crippen LogP contribution in [-0.2, 0) is 0 Å². The van der Waals surface area contributed by atoms with Crippen LogP contribution in [0, 0.1) is 6.92 Å². The normalized spacial score (nSPS) is 12.5. The number of rotatable bonds is 2. The largest absolute Gasteiger partial charge is 0.320 e. The second-order valence-electron chi connectivity index (χ2n) is 3.88. The number of aryl methyl sites for hydroxylation is 1. The third kappa shape index (κ3) is 2.78. The topological polar surface area (TPSA) is 38.9 Å². The van der Waals surface area contributed by atoms with Gasteiger partial charge in [0.2, 0.25) is 0 Å². The van der Waals surface area contributed by atoms with Crippen molar-refractivity contribution in [3.8, 4) is 0 Å². The number of hydrogen-bond donors (Lipinski definition) is 1. The fraction of sp³-hybridized carbons (Fsp3) is 0.154. The summed E-state index contributed by atoms with van der Waals surface area (Å²) in [4.78, 5) is 4.23. The Morgan fingerprint density at radius 1 is 1.06 bits per heavy atom. The van der Waals surface area contributed by atoms with Crippen molar-refractivity contribution in [3.63, 3.8) is 0 Å². The first-order valence-corrected chi connectivity index (χ1v) is 5.96. The molecule has 1 heterocycles. The summed E-state index contributed by atoms with van der Waals surface area (Å²) in [5.74, 6) is 0. The Labute approximate surface area is 110 Å². The summed E-state index contributed by atoms with van der Waals surface area (Å²) in [7, 11) is 0. The molecule has 0 aliphatic carbocycles. The molecule has 0 bridgehead atoms. The average Bonchev–Trinajstić information content (AvgIpc) is 2.33. The highest BCUT2D eigenvalue weighted by Gasteiger charge is 2.10. The molecule has 4 heteroatoms. The van der Waals surface area contributed by atoms with Crippen molar-refractivity contribution in [1.29, 1.82) is 0 Å². The average molecular weight is 267 g/mol. The van der Waals surface area contributed by atoms with Gasteiger partial charge in [0.1, 0.15) is 0 Å². The molecule has 1 unspecified atom stereocenters. The number of aromatic nitrogens is 1. The number of hydrogen-bond acceptors (Lipinski definition) is 2. The van der Waals surface area contributed by atoms with E-state index in [2.05, 4.69) is 4.98 Å². The summed E-state index contributed by atoms with van der Waals surface area (Å²) >= 11 is 11.8. The fourth-order valence-corrected chi connectivity index (χ4v) is 1.87. The van der Waals surface area contributed by atoms with Crippen molar-refractivity contribution in [2.45, 2.75) is 13.0 Å². The van der Waals surface area contributed by atoms with Crippen LogP contribution in [0.5, 0.6) is 0 Å². The Hall–Kier alpha value is -1.09. The summed E-state index contributed by atoms with van der Waals surface area (Å²) in [6.07, 6.45) is 1.78. The van der Waals surface area contributed by atoms with Crippen molar-refractivity contribution < 1.29 is 0 Å². The van der Waals surface area contributed by atoms with Crippen LogP contribution in [0.25, 0.3) is 0 Å². The smallest absolute Gasteiger partial charge is 0.0595 e. The first kappa shape index (κ1) is 12.4. The van der Waals surface area contributed by atoms with E-state index >= 15 is 0 Å². The number of nitrogens with two attached hydrogens (primary N) is 1. The molecule has 0 saturated heterocycles. The Balaban J connectivity index is 2.33. The molecule has 2 N–H and O–H groups in total. The maximum absolute atomic E-state index is 6.14. The first-order valence-electron chi connectivity index (χ1n) is 5.21. The van der Waals surface area contributed by atoms with Gasteiger partial charge in [-0.05, 0) is 36.2 Å². The van der Waals surface area contributed by atoms with E-state index in [0.29, 0.717) is 10.0 Å². The van der Waals surface area contributed by atoms with Crippen LogP contribution >= 0.6 is 23.2 Å². The number of halogens is 2. The zero-order valence-electron chi connectivity index (χ0n) is 9.32. The van der Waals surface area contributed by atoms with Crippen molar-refractivity contribution in [2.75, 3.05) is 0 Å². The molecule has 88 valence electrons. The molecular formula is C13H12Cl2N2. The van der Waals surface area contributed by atoms with E-state index in [1.807, 2.05) is 25.1 Å². The van der Waals surface area contributed by atoms with Gasteiger partial charge in [-0.15, -0.1) is 0 Å². The van der Waals surface area contributed by atoms with Crippen LogP contribution in [0.4, 0.5) is 0 Å². The third-order valence-electron chi connectivity index (χ3n) is 2.60. The molecule has 0 aliphatic rings. The summed E-state index contributed by atoms with van der Waals surface area (Å²) < 4.78 is 0. The minimum absolute atomic E-state index is 0.238. The quantitative estimate of drug-likeness (QED) is 0.900. The molecule has 0 spiro atoms. The van der Waals surface area contributed by atoms with Crippen LogP contribution in [-0.4, -0.2) is 4.98 Å². The van der Waals surface area contributed by atoms with Crippen molar-refractivity contribution in [1.82, 2.24) is 4.98 Å². The second kappa shape index (κ2) is 5.05. The molecule has 2 rings (SSSR count). The molecule has 0 radical (unpaired) electrons. The van der Waals surface area contributed by atoms with E-state index < -0.39 is 0 Å². The van der Waals surface area contributed by atoms with E-state index in [0.717, 1.165) is 16.8 Å². The highest BCUT2D eigenvalue weighted by atomic mass is 35.5. The standard InChI is InChI=1S/C13H12Cl2N2/c1-8-2-3-10(7-17-8)13(16)9-4-5-11(14)12(15)6-9/h2-7,13H,16H2,1H3. The van der Waals surface area contributed by atoms with Crippen LogP contribution in [0.2, 0.25) is 10.0 Å². The molecule has 0 saturated carbocycles. The van der Waals surface area contributed by atoms with E-state index in [4.69, 9.17) is 28.9 Å². The van der Waals surface area contributed by atoms with Gasteiger partial charge in [0.15, 0.2) is 0 Å². The van der Waals surface area contributed by atoms with Crippen molar-refractivity contribution >= 4 is 23.2 Å². The molecule has 0 fully saturated rings. The van der Waals surface area contributed by atoms with Gasteiger partial charge < -0.3 is 5.73 Å². The van der Waals surface area contributed by atoms with Gasteiger partial charge >= 0.3 is 0 Å². The Kier molecular flexibility index (Phi) is 3.67. The van der Waals surface area contributed by atoms with Crippen molar-refractivity contribution in [3.05, 3.63) is 63.4 Å².